The van der Waals surface area contributed by atoms with Crippen molar-refractivity contribution in [3.05, 3.63) is 0 Å². The Balaban J connectivity index is 1.97. The van der Waals surface area contributed by atoms with Crippen molar-refractivity contribution in [2.75, 3.05) is 19.0 Å². The van der Waals surface area contributed by atoms with Gasteiger partial charge in [-0.3, -0.25) is 0 Å². The molecule has 0 aliphatic heterocycles. The lowest BCUT2D eigenvalue weighted by Crippen LogP contribution is -2.34. The van der Waals surface area contributed by atoms with Crippen LogP contribution in [0.1, 0.15) is 64.7 Å². The van der Waals surface area contributed by atoms with Crippen LogP contribution < -0.4 is 5.32 Å². The molecule has 1 saturated carbocycles. The van der Waals surface area contributed by atoms with Gasteiger partial charge >= 0.3 is 0 Å². The van der Waals surface area contributed by atoms with Gasteiger partial charge in [-0.2, -0.15) is 0 Å². The maximum atomic E-state index is 6.11. The molecule has 1 rings (SSSR count). The molecule has 1 nitrogen and oxygen atoms in total. The van der Waals surface area contributed by atoms with Crippen LogP contribution in [0, 0.1) is 5.41 Å². The van der Waals surface area contributed by atoms with Gasteiger partial charge in [0.15, 0.2) is 0 Å². The highest BCUT2D eigenvalue weighted by molar-refractivity contribution is 6.18. The summed E-state index contributed by atoms with van der Waals surface area (Å²) in [5.74, 6) is 0.843. The van der Waals surface area contributed by atoms with Crippen molar-refractivity contribution in [3.63, 3.8) is 0 Å². The molecule has 0 atom stereocenters. The molecule has 0 saturated heterocycles. The van der Waals surface area contributed by atoms with E-state index in [9.17, 15) is 0 Å². The lowest BCUT2D eigenvalue weighted by Gasteiger charge is -2.26. The van der Waals surface area contributed by atoms with Crippen molar-refractivity contribution >= 4 is 11.6 Å². The third kappa shape index (κ3) is 5.05. The highest BCUT2D eigenvalue weighted by Crippen LogP contribution is 2.38. The SMILES string of the molecule is CCCCCCCNCC1(CCl)CCCC1. The van der Waals surface area contributed by atoms with Crippen LogP contribution in [0.25, 0.3) is 0 Å². The average molecular weight is 246 g/mol. The smallest absolute Gasteiger partial charge is 0.0292 e. The molecule has 0 radical (unpaired) electrons. The Bertz CT molecular complexity index is 164. The number of rotatable bonds is 9. The predicted octanol–water partition coefficient (Wildman–Crippen LogP) is 4.35. The van der Waals surface area contributed by atoms with Crippen LogP contribution in [0.4, 0.5) is 0 Å². The van der Waals surface area contributed by atoms with E-state index in [-0.39, 0.29) is 0 Å². The van der Waals surface area contributed by atoms with E-state index in [1.54, 1.807) is 0 Å². The highest BCUT2D eigenvalue weighted by atomic mass is 35.5. The first-order chi connectivity index (χ1) is 7.83. The Hall–Kier alpha value is 0.250. The van der Waals surface area contributed by atoms with Gasteiger partial charge < -0.3 is 5.32 Å². The second-order valence-corrected chi connectivity index (χ2v) is 5.70. The van der Waals surface area contributed by atoms with Gasteiger partial charge in [-0.15, -0.1) is 11.6 Å². The Morgan fingerprint density at radius 2 is 1.75 bits per heavy atom. The highest BCUT2D eigenvalue weighted by Gasteiger charge is 2.32. The molecule has 0 bridgehead atoms. The monoisotopic (exact) mass is 245 g/mol. The molecule has 0 heterocycles. The van der Waals surface area contributed by atoms with Crippen LogP contribution in [0.5, 0.6) is 0 Å². The lowest BCUT2D eigenvalue weighted by atomic mass is 9.88. The van der Waals surface area contributed by atoms with Gasteiger partial charge in [0, 0.05) is 12.4 Å². The Labute approximate surface area is 106 Å². The fourth-order valence-corrected chi connectivity index (χ4v) is 3.05. The summed E-state index contributed by atoms with van der Waals surface area (Å²) in [5, 5.41) is 3.61. The number of unbranched alkanes of at least 4 members (excludes halogenated alkanes) is 4. The topological polar surface area (TPSA) is 12.0 Å². The van der Waals surface area contributed by atoms with Crippen molar-refractivity contribution in [1.82, 2.24) is 5.32 Å². The molecule has 1 N–H and O–H groups in total. The molecule has 0 amide bonds. The zero-order valence-electron chi connectivity index (χ0n) is 10.9. The molecule has 0 spiro atoms. The second kappa shape index (κ2) is 8.36. The molecular weight excluding hydrogens is 218 g/mol. The van der Waals surface area contributed by atoms with Gasteiger partial charge in [-0.1, -0.05) is 45.4 Å². The molecule has 0 aromatic heterocycles. The molecule has 1 fully saturated rings. The van der Waals surface area contributed by atoms with E-state index < -0.39 is 0 Å². The summed E-state index contributed by atoms with van der Waals surface area (Å²) in [6.07, 6.45) is 12.3. The molecule has 0 aromatic rings. The van der Waals surface area contributed by atoms with Crippen molar-refractivity contribution in [2.24, 2.45) is 5.41 Å². The summed E-state index contributed by atoms with van der Waals surface area (Å²) in [6, 6.07) is 0. The zero-order valence-corrected chi connectivity index (χ0v) is 11.6. The lowest BCUT2D eigenvalue weighted by molar-refractivity contribution is 0.320. The van der Waals surface area contributed by atoms with Gasteiger partial charge in [0.05, 0.1) is 0 Å². The Kier molecular flexibility index (Phi) is 7.47. The normalized spacial score (nSPS) is 19.1. The number of nitrogens with one attached hydrogen (secondary N) is 1. The van der Waals surface area contributed by atoms with E-state index in [0.29, 0.717) is 5.41 Å². The quantitative estimate of drug-likeness (QED) is 0.471. The summed E-state index contributed by atoms with van der Waals surface area (Å²) in [5.41, 5.74) is 0.435. The summed E-state index contributed by atoms with van der Waals surface area (Å²) in [7, 11) is 0. The first-order valence-corrected chi connectivity index (χ1v) is 7.63. The van der Waals surface area contributed by atoms with Crippen LogP contribution >= 0.6 is 11.6 Å². The van der Waals surface area contributed by atoms with Crippen LogP contribution in [0.3, 0.4) is 0 Å². The summed E-state index contributed by atoms with van der Waals surface area (Å²) in [4.78, 5) is 0. The van der Waals surface area contributed by atoms with E-state index in [1.165, 1.54) is 64.3 Å². The maximum Gasteiger partial charge on any atom is 0.0292 e. The number of halogens is 1. The van der Waals surface area contributed by atoms with E-state index in [1.807, 2.05) is 0 Å². The Morgan fingerprint density at radius 3 is 2.38 bits per heavy atom. The van der Waals surface area contributed by atoms with E-state index in [2.05, 4.69) is 12.2 Å². The first-order valence-electron chi connectivity index (χ1n) is 7.10. The van der Waals surface area contributed by atoms with E-state index in [0.717, 1.165) is 12.4 Å². The van der Waals surface area contributed by atoms with E-state index in [4.69, 9.17) is 11.6 Å². The predicted molar refractivity (Wildman–Crippen MR) is 73.2 cm³/mol. The molecule has 96 valence electrons. The third-order valence-electron chi connectivity index (χ3n) is 3.90. The van der Waals surface area contributed by atoms with Crippen molar-refractivity contribution in [3.8, 4) is 0 Å². The molecular formula is C14H28ClN. The standard InChI is InChI=1S/C14H28ClN/c1-2-3-4-5-8-11-16-13-14(12-15)9-6-7-10-14/h16H,2-13H2,1H3. The fourth-order valence-electron chi connectivity index (χ4n) is 2.69. The summed E-state index contributed by atoms with van der Waals surface area (Å²) >= 11 is 6.11. The van der Waals surface area contributed by atoms with Gasteiger partial charge in [0.2, 0.25) is 0 Å². The minimum absolute atomic E-state index is 0.435. The number of hydrogen-bond donors (Lipinski definition) is 1. The molecule has 1 aliphatic rings. The van der Waals surface area contributed by atoms with Gasteiger partial charge in [0.1, 0.15) is 0 Å². The summed E-state index contributed by atoms with van der Waals surface area (Å²) < 4.78 is 0. The van der Waals surface area contributed by atoms with Crippen molar-refractivity contribution < 1.29 is 0 Å². The number of alkyl halides is 1. The van der Waals surface area contributed by atoms with Gasteiger partial charge in [-0.25, -0.2) is 0 Å². The largest absolute Gasteiger partial charge is 0.316 e. The van der Waals surface area contributed by atoms with Gasteiger partial charge in [0.25, 0.3) is 0 Å². The maximum absolute atomic E-state index is 6.11. The fraction of sp³-hybridized carbons (Fsp3) is 1.00. The van der Waals surface area contributed by atoms with Crippen molar-refractivity contribution in [2.45, 2.75) is 64.7 Å². The van der Waals surface area contributed by atoms with Crippen LogP contribution in [-0.2, 0) is 0 Å². The van der Waals surface area contributed by atoms with Crippen LogP contribution in [0.2, 0.25) is 0 Å². The van der Waals surface area contributed by atoms with Crippen LogP contribution in [-0.4, -0.2) is 19.0 Å². The molecule has 0 aromatic carbocycles. The molecule has 1 aliphatic carbocycles. The molecule has 2 heteroatoms. The van der Waals surface area contributed by atoms with Crippen molar-refractivity contribution in [1.29, 1.82) is 0 Å². The summed E-state index contributed by atoms with van der Waals surface area (Å²) in [6.45, 7) is 4.59. The third-order valence-corrected chi connectivity index (χ3v) is 4.47. The van der Waals surface area contributed by atoms with E-state index >= 15 is 0 Å². The number of hydrogen-bond acceptors (Lipinski definition) is 1. The average Bonchev–Trinajstić information content (AvgIpc) is 2.77. The minimum Gasteiger partial charge on any atom is -0.316 e. The molecule has 0 unspecified atom stereocenters. The van der Waals surface area contributed by atoms with Gasteiger partial charge in [-0.05, 0) is 31.2 Å². The first kappa shape index (κ1) is 14.3. The minimum atomic E-state index is 0.435. The zero-order chi connectivity index (χ0) is 11.7. The molecule has 16 heavy (non-hydrogen) atoms. The van der Waals surface area contributed by atoms with Crippen LogP contribution in [0.15, 0.2) is 0 Å². The Morgan fingerprint density at radius 1 is 1.06 bits per heavy atom. The second-order valence-electron chi connectivity index (χ2n) is 5.43.